The maximum absolute atomic E-state index is 11.2. The highest BCUT2D eigenvalue weighted by Crippen LogP contribution is 2.45. The van der Waals surface area contributed by atoms with Crippen LogP contribution in [0.2, 0.25) is 0 Å². The molecule has 3 nitrogen and oxygen atoms in total. The van der Waals surface area contributed by atoms with Gasteiger partial charge in [0.15, 0.2) is 0 Å². The molecule has 0 radical (unpaired) electrons. The van der Waals surface area contributed by atoms with Crippen LogP contribution in [0, 0.1) is 5.92 Å². The van der Waals surface area contributed by atoms with Crippen molar-refractivity contribution in [1.29, 1.82) is 0 Å². The molecule has 0 aromatic heterocycles. The third-order valence-electron chi connectivity index (χ3n) is 5.59. The van der Waals surface area contributed by atoms with Crippen LogP contribution in [0.1, 0.15) is 73.1 Å². The summed E-state index contributed by atoms with van der Waals surface area (Å²) >= 11 is 0. The molecule has 0 N–H and O–H groups in total. The predicted octanol–water partition coefficient (Wildman–Crippen LogP) is 5.52. The van der Waals surface area contributed by atoms with E-state index in [1.54, 1.807) is 0 Å². The Kier molecular flexibility index (Phi) is 6.67. The predicted molar refractivity (Wildman–Crippen MR) is 102 cm³/mol. The van der Waals surface area contributed by atoms with Crippen LogP contribution in [0.3, 0.4) is 0 Å². The number of hydrogen-bond acceptors (Lipinski definition) is 3. The second-order valence-electron chi connectivity index (χ2n) is 8.18. The van der Waals surface area contributed by atoms with Crippen molar-refractivity contribution in [2.45, 2.75) is 84.3 Å². The van der Waals surface area contributed by atoms with Gasteiger partial charge in [0, 0.05) is 6.92 Å². The molecule has 0 unspecified atom stereocenters. The minimum Gasteiger partial charge on any atom is -0.461 e. The fraction of sp³-hybridized carbons (Fsp3) is 0.682. The Morgan fingerprint density at radius 1 is 1.24 bits per heavy atom. The smallest absolute Gasteiger partial charge is 0.302 e. The molecule has 2 bridgehead atoms. The van der Waals surface area contributed by atoms with Crippen molar-refractivity contribution in [1.82, 2.24) is 0 Å². The number of hydrogen-bond donors (Lipinski definition) is 0. The molecule has 2 atom stereocenters. The maximum atomic E-state index is 11.2. The highest BCUT2D eigenvalue weighted by molar-refractivity contribution is 5.66. The van der Waals surface area contributed by atoms with Crippen LogP contribution >= 0.6 is 0 Å². The summed E-state index contributed by atoms with van der Waals surface area (Å²) in [7, 11) is 0. The van der Waals surface area contributed by atoms with E-state index in [1.165, 1.54) is 12.5 Å². The van der Waals surface area contributed by atoms with E-state index in [2.05, 4.69) is 52.0 Å². The Hall–Kier alpha value is -1.35. The lowest BCUT2D eigenvalue weighted by atomic mass is 9.85. The summed E-state index contributed by atoms with van der Waals surface area (Å²) in [5, 5.41) is 0. The van der Waals surface area contributed by atoms with Gasteiger partial charge in [0.1, 0.15) is 6.61 Å². The zero-order valence-electron chi connectivity index (χ0n) is 16.6. The van der Waals surface area contributed by atoms with Crippen molar-refractivity contribution in [3.05, 3.63) is 35.5 Å². The van der Waals surface area contributed by atoms with E-state index in [0.29, 0.717) is 12.5 Å². The van der Waals surface area contributed by atoms with Gasteiger partial charge in [-0.25, -0.2) is 0 Å². The summed E-state index contributed by atoms with van der Waals surface area (Å²) in [6.45, 7) is 10.7. The van der Waals surface area contributed by atoms with Gasteiger partial charge in [0.25, 0.3) is 0 Å². The summed E-state index contributed by atoms with van der Waals surface area (Å²) in [5.41, 5.74) is 2.19. The van der Waals surface area contributed by atoms with Crippen molar-refractivity contribution < 1.29 is 14.3 Å². The van der Waals surface area contributed by atoms with Gasteiger partial charge in [0.05, 0.1) is 11.2 Å². The number of carbonyl (C=O) groups excluding carboxylic acids is 1. The van der Waals surface area contributed by atoms with Gasteiger partial charge in [-0.1, -0.05) is 43.7 Å². The number of ether oxygens (including phenoxy) is 2. The van der Waals surface area contributed by atoms with Crippen LogP contribution in [0.4, 0.5) is 0 Å². The van der Waals surface area contributed by atoms with E-state index in [-0.39, 0.29) is 17.2 Å². The zero-order valence-corrected chi connectivity index (χ0v) is 16.6. The van der Waals surface area contributed by atoms with E-state index in [4.69, 9.17) is 9.47 Å². The number of esters is 1. The van der Waals surface area contributed by atoms with Crippen LogP contribution in [0.5, 0.6) is 0 Å². The lowest BCUT2D eigenvalue weighted by molar-refractivity contribution is -0.139. The normalized spacial score (nSPS) is 36.2. The van der Waals surface area contributed by atoms with Crippen LogP contribution in [-0.2, 0) is 14.3 Å². The molecule has 0 aromatic carbocycles. The first-order valence-electron chi connectivity index (χ1n) is 9.62. The van der Waals surface area contributed by atoms with Crippen molar-refractivity contribution in [3.8, 4) is 0 Å². The molecule has 0 saturated carbocycles. The summed E-state index contributed by atoms with van der Waals surface area (Å²) in [6.07, 6.45) is 15.2. The van der Waals surface area contributed by atoms with Crippen LogP contribution in [0.15, 0.2) is 35.5 Å². The molecule has 2 rings (SSSR count). The highest BCUT2D eigenvalue weighted by Gasteiger charge is 2.46. The lowest BCUT2D eigenvalue weighted by Crippen LogP contribution is -2.36. The van der Waals surface area contributed by atoms with Crippen LogP contribution in [-0.4, -0.2) is 23.8 Å². The SMILES string of the molecule is CC(=O)OCC1=C/CC/C(C)=C\CC[C@@]2(C)CC[C@@](C(C)C)(/C=C\1)O2. The van der Waals surface area contributed by atoms with Gasteiger partial charge in [-0.15, -0.1) is 0 Å². The molecular formula is C22H34O3. The second-order valence-corrected chi connectivity index (χ2v) is 8.18. The zero-order chi connectivity index (χ0) is 18.5. The van der Waals surface area contributed by atoms with E-state index in [9.17, 15) is 4.79 Å². The van der Waals surface area contributed by atoms with Gasteiger partial charge >= 0.3 is 5.97 Å². The second kappa shape index (κ2) is 8.35. The molecule has 0 aromatic rings. The molecular weight excluding hydrogens is 312 g/mol. The average Bonchev–Trinajstić information content (AvgIpc) is 2.88. The molecule has 1 saturated heterocycles. The minimum absolute atomic E-state index is 0.0563. The summed E-state index contributed by atoms with van der Waals surface area (Å²) in [5.74, 6) is 0.166. The molecule has 0 aliphatic carbocycles. The number of fused-ring (bicyclic) bond motifs is 2. The summed E-state index contributed by atoms with van der Waals surface area (Å²) in [4.78, 5) is 11.2. The van der Waals surface area contributed by atoms with Gasteiger partial charge in [-0.2, -0.15) is 0 Å². The van der Waals surface area contributed by atoms with Crippen LogP contribution < -0.4 is 0 Å². The standard InChI is InChI=1S/C22H34O3/c1-17(2)22-13-11-20(16-24-19(4)23)10-6-8-18(3)9-7-12-21(5,25-22)14-15-22/h9-11,13,17H,6-8,12,14-16H2,1-5H3/b13-11-,18-9-,20-10+/t21-,22+/m0/s1. The topological polar surface area (TPSA) is 35.5 Å². The number of allylic oxidation sites excluding steroid dienone is 3. The number of rotatable bonds is 3. The highest BCUT2D eigenvalue weighted by atomic mass is 16.5. The molecule has 2 heterocycles. The first-order valence-corrected chi connectivity index (χ1v) is 9.62. The molecule has 25 heavy (non-hydrogen) atoms. The third kappa shape index (κ3) is 5.57. The largest absolute Gasteiger partial charge is 0.461 e. The minimum atomic E-state index is -0.239. The molecule has 2 aliphatic heterocycles. The molecule has 3 heteroatoms. The molecule has 1 fully saturated rings. The first-order chi connectivity index (χ1) is 11.7. The van der Waals surface area contributed by atoms with Gasteiger partial charge in [-0.05, 0) is 63.9 Å². The monoisotopic (exact) mass is 346 g/mol. The Morgan fingerprint density at radius 2 is 2.00 bits per heavy atom. The maximum Gasteiger partial charge on any atom is 0.302 e. The first kappa shape index (κ1) is 20.0. The van der Waals surface area contributed by atoms with E-state index < -0.39 is 0 Å². The van der Waals surface area contributed by atoms with Crippen molar-refractivity contribution in [3.63, 3.8) is 0 Å². The van der Waals surface area contributed by atoms with Gasteiger partial charge in [0.2, 0.25) is 0 Å². The summed E-state index contributed by atoms with van der Waals surface area (Å²) < 4.78 is 11.9. The average molecular weight is 347 g/mol. The fourth-order valence-electron chi connectivity index (χ4n) is 3.73. The Labute approximate surface area is 153 Å². The molecule has 0 amide bonds. The Bertz CT molecular complexity index is 570. The van der Waals surface area contributed by atoms with Crippen molar-refractivity contribution in [2.75, 3.05) is 6.61 Å². The van der Waals surface area contributed by atoms with E-state index in [0.717, 1.165) is 44.1 Å². The van der Waals surface area contributed by atoms with E-state index in [1.807, 2.05) is 0 Å². The molecule has 0 spiro atoms. The fourth-order valence-corrected chi connectivity index (χ4v) is 3.73. The van der Waals surface area contributed by atoms with Gasteiger partial charge < -0.3 is 9.47 Å². The molecule has 140 valence electrons. The Balaban J connectivity index is 2.30. The third-order valence-corrected chi connectivity index (χ3v) is 5.59. The van der Waals surface area contributed by atoms with Crippen LogP contribution in [0.25, 0.3) is 0 Å². The van der Waals surface area contributed by atoms with E-state index >= 15 is 0 Å². The number of carbonyl (C=O) groups is 1. The summed E-state index contributed by atoms with van der Waals surface area (Å²) in [6, 6.07) is 0. The molecule has 2 aliphatic rings. The van der Waals surface area contributed by atoms with Gasteiger partial charge in [-0.3, -0.25) is 4.79 Å². The lowest BCUT2D eigenvalue weighted by Gasteiger charge is -2.34. The van der Waals surface area contributed by atoms with Crippen molar-refractivity contribution in [2.24, 2.45) is 5.92 Å². The quantitative estimate of drug-likeness (QED) is 0.499. The van der Waals surface area contributed by atoms with Crippen molar-refractivity contribution >= 4 is 5.97 Å². The Morgan fingerprint density at radius 3 is 2.68 bits per heavy atom.